The lowest BCUT2D eigenvalue weighted by Gasteiger charge is -2.21. The van der Waals surface area contributed by atoms with Crippen LogP contribution in [0.3, 0.4) is 0 Å². The van der Waals surface area contributed by atoms with E-state index in [1.165, 1.54) is 30.6 Å². The number of nitrogens with zero attached hydrogens (tertiary/aromatic N) is 3. The van der Waals surface area contributed by atoms with Crippen LogP contribution in [0.1, 0.15) is 12.8 Å². The summed E-state index contributed by atoms with van der Waals surface area (Å²) in [5, 5.41) is 0.587. The molecule has 0 unspecified atom stereocenters. The molecule has 3 rings (SSSR count). The normalized spacial score (nSPS) is 11.8. The second-order valence-corrected chi connectivity index (χ2v) is 11.6. The van der Waals surface area contributed by atoms with Crippen molar-refractivity contribution in [2.24, 2.45) is 0 Å². The van der Waals surface area contributed by atoms with E-state index in [2.05, 4.69) is 20.9 Å². The first-order valence-corrected chi connectivity index (χ1v) is 13.3. The molecule has 0 N–H and O–H groups in total. The van der Waals surface area contributed by atoms with Crippen LogP contribution in [0, 0.1) is 0 Å². The summed E-state index contributed by atoms with van der Waals surface area (Å²) in [7, 11) is 1.88. The maximum absolute atomic E-state index is 13.1. The van der Waals surface area contributed by atoms with Crippen molar-refractivity contribution in [3.05, 3.63) is 46.9 Å². The molecule has 0 radical (unpaired) electrons. The van der Waals surface area contributed by atoms with Crippen LogP contribution in [-0.4, -0.2) is 64.3 Å². The zero-order valence-corrected chi connectivity index (χ0v) is 21.5. The van der Waals surface area contributed by atoms with Gasteiger partial charge in [0.2, 0.25) is 5.91 Å². The smallest absolute Gasteiger partial charge is 0.229 e. The van der Waals surface area contributed by atoms with Crippen LogP contribution in [0.15, 0.2) is 51.8 Å². The van der Waals surface area contributed by atoms with E-state index in [1.54, 1.807) is 17.0 Å². The van der Waals surface area contributed by atoms with Crippen molar-refractivity contribution in [1.82, 2.24) is 9.88 Å². The summed E-state index contributed by atoms with van der Waals surface area (Å²) < 4.78 is 32.5. The van der Waals surface area contributed by atoms with Gasteiger partial charge >= 0.3 is 0 Å². The molecule has 0 saturated carbocycles. The van der Waals surface area contributed by atoms with E-state index in [-0.39, 0.29) is 23.0 Å². The number of aromatic nitrogens is 1. The van der Waals surface area contributed by atoms with E-state index in [0.29, 0.717) is 17.4 Å². The maximum atomic E-state index is 13.1. The summed E-state index contributed by atoms with van der Waals surface area (Å²) in [6.45, 7) is 1.28. The number of methoxy groups -OCH3 is 1. The number of amides is 1. The highest BCUT2D eigenvalue weighted by atomic mass is 79.9. The van der Waals surface area contributed by atoms with Crippen molar-refractivity contribution in [1.29, 1.82) is 0 Å². The summed E-state index contributed by atoms with van der Waals surface area (Å²) in [6.07, 6.45) is 0.638. The van der Waals surface area contributed by atoms with Gasteiger partial charge in [-0.15, -0.1) is 0 Å². The Morgan fingerprint density at radius 2 is 1.84 bits per heavy atom. The highest BCUT2D eigenvalue weighted by Crippen LogP contribution is 2.31. The van der Waals surface area contributed by atoms with Crippen molar-refractivity contribution in [3.63, 3.8) is 0 Å². The van der Waals surface area contributed by atoms with Crippen molar-refractivity contribution in [2.75, 3.05) is 44.9 Å². The van der Waals surface area contributed by atoms with Crippen LogP contribution < -0.4 is 9.64 Å². The first-order valence-electron chi connectivity index (χ1n) is 10.1. The Kier molecular flexibility index (Phi) is 8.26. The summed E-state index contributed by atoms with van der Waals surface area (Å²) in [5.41, 5.74) is 0.810. The second-order valence-electron chi connectivity index (χ2n) is 7.56. The summed E-state index contributed by atoms with van der Waals surface area (Å²) >= 11 is 4.89. The fourth-order valence-electron chi connectivity index (χ4n) is 3.13. The molecule has 0 fully saturated rings. The van der Waals surface area contributed by atoms with Gasteiger partial charge in [-0.2, -0.15) is 0 Å². The number of hydrogen-bond acceptors (Lipinski definition) is 7. The molecule has 1 aromatic heterocycles. The van der Waals surface area contributed by atoms with Crippen LogP contribution in [0.5, 0.6) is 5.75 Å². The van der Waals surface area contributed by atoms with Crippen molar-refractivity contribution >= 4 is 58.4 Å². The van der Waals surface area contributed by atoms with Gasteiger partial charge < -0.3 is 9.64 Å². The lowest BCUT2D eigenvalue weighted by molar-refractivity contribution is -0.118. The molecule has 3 aromatic rings. The minimum atomic E-state index is -3.59. The van der Waals surface area contributed by atoms with Gasteiger partial charge in [-0.1, -0.05) is 27.3 Å². The van der Waals surface area contributed by atoms with E-state index >= 15 is 0 Å². The third-order valence-electron chi connectivity index (χ3n) is 4.86. The minimum absolute atomic E-state index is 0.115. The Bertz CT molecular complexity index is 1180. The Labute approximate surface area is 201 Å². The number of carbonyl (C=O) groups is 1. The molecule has 172 valence electrons. The zero-order valence-electron chi connectivity index (χ0n) is 18.2. The number of halogens is 1. The molecule has 0 spiro atoms. The van der Waals surface area contributed by atoms with Crippen LogP contribution in [0.4, 0.5) is 5.13 Å². The van der Waals surface area contributed by atoms with E-state index < -0.39 is 9.84 Å². The third kappa shape index (κ3) is 6.28. The quantitative estimate of drug-likeness (QED) is 0.383. The number of rotatable bonds is 10. The molecule has 0 atom stereocenters. The Morgan fingerprint density at radius 3 is 2.50 bits per heavy atom. The second kappa shape index (κ2) is 10.7. The summed E-state index contributed by atoms with van der Waals surface area (Å²) in [6, 6.07) is 12.0. The number of thiazole rings is 1. The van der Waals surface area contributed by atoms with Gasteiger partial charge in [0.05, 0.1) is 28.0 Å². The van der Waals surface area contributed by atoms with Gasteiger partial charge in [0.1, 0.15) is 5.75 Å². The molecule has 0 aliphatic heterocycles. The topological polar surface area (TPSA) is 79.8 Å². The number of carbonyl (C=O) groups excluding carboxylic acids is 1. The molecule has 32 heavy (non-hydrogen) atoms. The molecule has 0 bridgehead atoms. The minimum Gasteiger partial charge on any atom is -0.497 e. The van der Waals surface area contributed by atoms with Gasteiger partial charge in [0.25, 0.3) is 0 Å². The lowest BCUT2D eigenvalue weighted by atomic mass is 10.3. The standard InChI is InChI=1S/C22H26BrN3O4S2/c1-25(2)12-4-13-26(22-24-19-10-5-16(23)15-20(19)31-22)21(27)11-14-32(28,29)18-8-6-17(30-3)7-9-18/h5-10,15H,4,11-14H2,1-3H3. The molecular formula is C22H26BrN3O4S2. The van der Waals surface area contributed by atoms with Crippen molar-refractivity contribution in [3.8, 4) is 5.75 Å². The molecule has 1 heterocycles. The van der Waals surface area contributed by atoms with E-state index in [9.17, 15) is 13.2 Å². The zero-order chi connectivity index (χ0) is 23.3. The SMILES string of the molecule is COc1ccc(S(=O)(=O)CCC(=O)N(CCCN(C)C)c2nc3ccc(Br)cc3s2)cc1. The van der Waals surface area contributed by atoms with Crippen LogP contribution in [0.2, 0.25) is 0 Å². The molecule has 0 aliphatic carbocycles. The summed E-state index contributed by atoms with van der Waals surface area (Å²) in [5.74, 6) is 0.0623. The summed E-state index contributed by atoms with van der Waals surface area (Å²) in [4.78, 5) is 21.6. The average Bonchev–Trinajstić information content (AvgIpc) is 3.17. The Balaban J connectivity index is 1.77. The predicted molar refractivity (Wildman–Crippen MR) is 133 cm³/mol. The largest absolute Gasteiger partial charge is 0.497 e. The number of ether oxygens (including phenoxy) is 1. The monoisotopic (exact) mass is 539 g/mol. The van der Waals surface area contributed by atoms with Gasteiger partial charge in [-0.05, 0) is 69.5 Å². The highest BCUT2D eigenvalue weighted by molar-refractivity contribution is 9.10. The van der Waals surface area contributed by atoms with Gasteiger partial charge in [-0.25, -0.2) is 13.4 Å². The fourth-order valence-corrected chi connectivity index (χ4v) is 5.92. The van der Waals surface area contributed by atoms with E-state index in [4.69, 9.17) is 4.74 Å². The number of benzene rings is 2. The van der Waals surface area contributed by atoms with Gasteiger partial charge in [-0.3, -0.25) is 9.69 Å². The lowest BCUT2D eigenvalue weighted by Crippen LogP contribution is -2.34. The van der Waals surface area contributed by atoms with E-state index in [0.717, 1.165) is 27.7 Å². The molecule has 10 heteroatoms. The number of hydrogen-bond donors (Lipinski definition) is 0. The highest BCUT2D eigenvalue weighted by Gasteiger charge is 2.23. The molecule has 0 saturated heterocycles. The Hall–Kier alpha value is -2.01. The molecule has 7 nitrogen and oxygen atoms in total. The van der Waals surface area contributed by atoms with E-state index in [1.807, 2.05) is 37.2 Å². The Morgan fingerprint density at radius 1 is 1.12 bits per heavy atom. The number of fused-ring (bicyclic) bond motifs is 1. The molecule has 2 aromatic carbocycles. The molecular weight excluding hydrogens is 514 g/mol. The average molecular weight is 541 g/mol. The third-order valence-corrected chi connectivity index (χ3v) is 8.13. The first kappa shape index (κ1) is 24.6. The predicted octanol–water partition coefficient (Wildman–Crippen LogP) is 4.22. The fraction of sp³-hybridized carbons (Fsp3) is 0.364. The first-order chi connectivity index (χ1) is 15.2. The molecule has 1 amide bonds. The van der Waals surface area contributed by atoms with Crippen LogP contribution >= 0.6 is 27.3 Å². The van der Waals surface area contributed by atoms with Gasteiger partial charge in [0.15, 0.2) is 15.0 Å². The van der Waals surface area contributed by atoms with Crippen LogP contribution in [0.25, 0.3) is 10.2 Å². The van der Waals surface area contributed by atoms with Crippen molar-refractivity contribution < 1.29 is 17.9 Å². The van der Waals surface area contributed by atoms with Gasteiger partial charge in [0, 0.05) is 17.4 Å². The maximum Gasteiger partial charge on any atom is 0.229 e. The number of sulfone groups is 1. The number of anilines is 1. The molecule has 0 aliphatic rings. The van der Waals surface area contributed by atoms with Crippen LogP contribution in [-0.2, 0) is 14.6 Å². The van der Waals surface area contributed by atoms with Crippen molar-refractivity contribution in [2.45, 2.75) is 17.7 Å².